The summed E-state index contributed by atoms with van der Waals surface area (Å²) in [5, 5.41) is 37.7. The van der Waals surface area contributed by atoms with Gasteiger partial charge in [-0.3, -0.25) is 10.1 Å². The number of ether oxygens (including phenoxy) is 2. The van der Waals surface area contributed by atoms with Crippen LogP contribution in [0.15, 0.2) is 12.1 Å². The molecule has 1 unspecified atom stereocenters. The molecule has 0 saturated carbocycles. The summed E-state index contributed by atoms with van der Waals surface area (Å²) in [5.41, 5.74) is -0.214. The van der Waals surface area contributed by atoms with Crippen molar-refractivity contribution in [2.45, 2.75) is 12.7 Å². The molecule has 0 fully saturated rings. The lowest BCUT2D eigenvalue weighted by atomic mass is 10.1. The van der Waals surface area contributed by atoms with Crippen LogP contribution in [0.5, 0.6) is 11.5 Å². The van der Waals surface area contributed by atoms with Crippen LogP contribution in [0.25, 0.3) is 0 Å². The molecular formula is C11H15NO7. The van der Waals surface area contributed by atoms with E-state index in [0.29, 0.717) is 0 Å². The Morgan fingerprint density at radius 2 is 2.05 bits per heavy atom. The van der Waals surface area contributed by atoms with Crippen LogP contribution in [0, 0.1) is 10.1 Å². The molecule has 0 aliphatic carbocycles. The topological polar surface area (TPSA) is 122 Å². The van der Waals surface area contributed by atoms with Crippen LogP contribution in [0.1, 0.15) is 5.56 Å². The Hall–Kier alpha value is -1.90. The van der Waals surface area contributed by atoms with Crippen molar-refractivity contribution in [3.8, 4) is 11.5 Å². The highest BCUT2D eigenvalue weighted by atomic mass is 16.6. The lowest BCUT2D eigenvalue weighted by molar-refractivity contribution is -0.386. The second-order valence-corrected chi connectivity index (χ2v) is 3.69. The molecule has 106 valence electrons. The molecule has 1 rings (SSSR count). The Balaban J connectivity index is 3.07. The first-order valence-corrected chi connectivity index (χ1v) is 5.41. The van der Waals surface area contributed by atoms with Crippen molar-refractivity contribution in [2.75, 3.05) is 20.3 Å². The summed E-state index contributed by atoms with van der Waals surface area (Å²) in [5.74, 6) is 0.249. The third-order valence-corrected chi connectivity index (χ3v) is 2.37. The summed E-state index contributed by atoms with van der Waals surface area (Å²) in [6.07, 6.45) is -1.10. The molecule has 1 aromatic carbocycles. The van der Waals surface area contributed by atoms with Gasteiger partial charge in [-0.15, -0.1) is 0 Å². The van der Waals surface area contributed by atoms with Gasteiger partial charge in [-0.2, -0.15) is 0 Å². The van der Waals surface area contributed by atoms with Gasteiger partial charge in [0.25, 0.3) is 5.69 Å². The number of nitro groups is 1. The monoisotopic (exact) mass is 273 g/mol. The zero-order valence-electron chi connectivity index (χ0n) is 10.3. The molecule has 0 spiro atoms. The van der Waals surface area contributed by atoms with Crippen molar-refractivity contribution in [1.29, 1.82) is 0 Å². The largest absolute Gasteiger partial charge is 0.493 e. The van der Waals surface area contributed by atoms with Crippen molar-refractivity contribution >= 4 is 5.69 Å². The Labute approximate surface area is 109 Å². The predicted molar refractivity (Wildman–Crippen MR) is 64.2 cm³/mol. The van der Waals surface area contributed by atoms with Crippen LogP contribution in [0.3, 0.4) is 0 Å². The van der Waals surface area contributed by atoms with Crippen molar-refractivity contribution < 1.29 is 29.7 Å². The van der Waals surface area contributed by atoms with Gasteiger partial charge in [0.2, 0.25) is 0 Å². The van der Waals surface area contributed by atoms with E-state index in [0.717, 1.165) is 6.07 Å². The summed E-state index contributed by atoms with van der Waals surface area (Å²) in [7, 11) is 1.34. The number of hydrogen-bond donors (Lipinski definition) is 3. The lowest BCUT2D eigenvalue weighted by Gasteiger charge is -2.13. The fraction of sp³-hybridized carbons (Fsp3) is 0.455. The normalized spacial score (nSPS) is 12.0. The molecule has 0 bridgehead atoms. The van der Waals surface area contributed by atoms with Crippen LogP contribution >= 0.6 is 0 Å². The zero-order valence-corrected chi connectivity index (χ0v) is 10.3. The molecule has 0 saturated heterocycles. The minimum Gasteiger partial charge on any atom is -0.493 e. The maximum absolute atomic E-state index is 10.8. The Bertz CT molecular complexity index is 449. The minimum absolute atomic E-state index is 0.0545. The van der Waals surface area contributed by atoms with E-state index in [2.05, 4.69) is 0 Å². The number of benzene rings is 1. The van der Waals surface area contributed by atoms with Crippen molar-refractivity contribution in [2.24, 2.45) is 0 Å². The van der Waals surface area contributed by atoms with Gasteiger partial charge in [-0.1, -0.05) is 0 Å². The number of rotatable bonds is 7. The van der Waals surface area contributed by atoms with Crippen molar-refractivity contribution in [3.63, 3.8) is 0 Å². The molecule has 19 heavy (non-hydrogen) atoms. The van der Waals surface area contributed by atoms with E-state index in [1.165, 1.54) is 13.2 Å². The minimum atomic E-state index is -1.10. The van der Waals surface area contributed by atoms with E-state index in [9.17, 15) is 15.2 Å². The van der Waals surface area contributed by atoms with Crippen LogP contribution in [-0.2, 0) is 6.61 Å². The smallest absolute Gasteiger partial charge is 0.278 e. The molecule has 0 aliphatic heterocycles. The Kier molecular flexibility index (Phi) is 5.49. The van der Waals surface area contributed by atoms with E-state index >= 15 is 0 Å². The van der Waals surface area contributed by atoms with Crippen LogP contribution < -0.4 is 9.47 Å². The second-order valence-electron chi connectivity index (χ2n) is 3.69. The standard InChI is InChI=1S/C11H15NO7/c1-18-10-2-7(4-13)9(12(16)17)3-11(10)19-6-8(15)5-14/h2-3,8,13-15H,4-6H2,1H3. The SMILES string of the molecule is COc1cc(CO)c([N+](=O)[O-])cc1OCC(O)CO. The second kappa shape index (κ2) is 6.88. The van der Waals surface area contributed by atoms with E-state index < -0.39 is 24.2 Å². The average molecular weight is 273 g/mol. The van der Waals surface area contributed by atoms with Crippen LogP contribution in [-0.4, -0.2) is 46.7 Å². The summed E-state index contributed by atoms with van der Waals surface area (Å²) >= 11 is 0. The fourth-order valence-electron chi connectivity index (χ4n) is 1.40. The summed E-state index contributed by atoms with van der Waals surface area (Å²) in [4.78, 5) is 10.2. The molecular weight excluding hydrogens is 258 g/mol. The lowest BCUT2D eigenvalue weighted by Crippen LogP contribution is -2.21. The number of aliphatic hydroxyl groups is 3. The molecule has 8 nitrogen and oxygen atoms in total. The molecule has 3 N–H and O–H groups in total. The maximum atomic E-state index is 10.8. The number of methoxy groups -OCH3 is 1. The molecule has 0 radical (unpaired) electrons. The molecule has 0 aliphatic rings. The van der Waals surface area contributed by atoms with Gasteiger partial charge in [0.15, 0.2) is 11.5 Å². The first-order valence-electron chi connectivity index (χ1n) is 5.41. The number of aliphatic hydroxyl groups excluding tert-OH is 3. The number of nitro benzene ring substituents is 1. The highest BCUT2D eigenvalue weighted by Crippen LogP contribution is 2.34. The Morgan fingerprint density at radius 1 is 1.37 bits per heavy atom. The van der Waals surface area contributed by atoms with Gasteiger partial charge in [-0.05, 0) is 6.07 Å². The zero-order chi connectivity index (χ0) is 14.4. The molecule has 1 aromatic rings. The van der Waals surface area contributed by atoms with Crippen LogP contribution in [0.4, 0.5) is 5.69 Å². The summed E-state index contributed by atoms with van der Waals surface area (Å²) in [6, 6.07) is 2.40. The number of nitrogens with zero attached hydrogens (tertiary/aromatic N) is 1. The summed E-state index contributed by atoms with van der Waals surface area (Å²) < 4.78 is 10.1. The van der Waals surface area contributed by atoms with Gasteiger partial charge in [0.05, 0.1) is 36.9 Å². The molecule has 0 amide bonds. The van der Waals surface area contributed by atoms with E-state index in [1.807, 2.05) is 0 Å². The quantitative estimate of drug-likeness (QED) is 0.465. The molecule has 0 aromatic heterocycles. The van der Waals surface area contributed by atoms with Gasteiger partial charge in [0.1, 0.15) is 12.7 Å². The van der Waals surface area contributed by atoms with E-state index in [4.69, 9.17) is 19.7 Å². The van der Waals surface area contributed by atoms with E-state index in [-0.39, 0.29) is 29.4 Å². The third-order valence-electron chi connectivity index (χ3n) is 2.37. The molecule has 0 heterocycles. The first-order chi connectivity index (χ1) is 9.03. The van der Waals surface area contributed by atoms with E-state index in [1.54, 1.807) is 0 Å². The average Bonchev–Trinajstić information content (AvgIpc) is 2.43. The highest BCUT2D eigenvalue weighted by molar-refractivity contribution is 5.54. The van der Waals surface area contributed by atoms with Gasteiger partial charge < -0.3 is 24.8 Å². The maximum Gasteiger partial charge on any atom is 0.278 e. The van der Waals surface area contributed by atoms with Gasteiger partial charge in [-0.25, -0.2) is 0 Å². The summed E-state index contributed by atoms with van der Waals surface area (Å²) in [6.45, 7) is -1.23. The first kappa shape index (κ1) is 15.2. The fourth-order valence-corrected chi connectivity index (χ4v) is 1.40. The Morgan fingerprint density at radius 3 is 2.53 bits per heavy atom. The van der Waals surface area contributed by atoms with Crippen molar-refractivity contribution in [1.82, 2.24) is 0 Å². The van der Waals surface area contributed by atoms with Crippen LogP contribution in [0.2, 0.25) is 0 Å². The number of hydrogen-bond acceptors (Lipinski definition) is 7. The molecule has 1 atom stereocenters. The van der Waals surface area contributed by atoms with Gasteiger partial charge in [0, 0.05) is 0 Å². The van der Waals surface area contributed by atoms with Crippen molar-refractivity contribution in [3.05, 3.63) is 27.8 Å². The third kappa shape index (κ3) is 3.78. The molecule has 8 heteroatoms. The highest BCUT2D eigenvalue weighted by Gasteiger charge is 2.19. The predicted octanol–water partition coefficient (Wildman–Crippen LogP) is -0.172. The van der Waals surface area contributed by atoms with Gasteiger partial charge >= 0.3 is 0 Å².